The number of benzene rings is 1. The molecule has 2 rings (SSSR count). The molecule has 0 fully saturated rings. The molecule has 20 heavy (non-hydrogen) atoms. The highest BCUT2D eigenvalue weighted by atomic mass is 79.9. The van der Waals surface area contributed by atoms with E-state index in [0.717, 1.165) is 8.95 Å². The third-order valence-electron chi connectivity index (χ3n) is 2.32. The predicted molar refractivity (Wildman–Crippen MR) is 81.5 cm³/mol. The van der Waals surface area contributed by atoms with Crippen LogP contribution in [0.1, 0.15) is 5.69 Å². The minimum atomic E-state index is -0.141. The molecule has 2 aromatic rings. The van der Waals surface area contributed by atoms with E-state index in [0.29, 0.717) is 23.1 Å². The normalized spacial score (nSPS) is 10.2. The van der Waals surface area contributed by atoms with E-state index in [2.05, 4.69) is 41.8 Å². The van der Waals surface area contributed by atoms with Crippen molar-refractivity contribution in [2.45, 2.75) is 0 Å². The molecular weight excluding hydrogens is 392 g/mol. The molecule has 0 bridgehead atoms. The fourth-order valence-electron chi connectivity index (χ4n) is 1.37. The Labute approximate surface area is 132 Å². The second-order valence-corrected chi connectivity index (χ2v) is 5.38. The summed E-state index contributed by atoms with van der Waals surface area (Å²) in [5.41, 5.74) is 5.60. The zero-order valence-corrected chi connectivity index (χ0v) is 13.5. The van der Waals surface area contributed by atoms with Gasteiger partial charge in [-0.05, 0) is 44.0 Å². The molecule has 0 aliphatic heterocycles. The number of halogens is 2. The van der Waals surface area contributed by atoms with Gasteiger partial charge in [0.05, 0.1) is 28.4 Å². The number of nitrogens with zero attached hydrogens (tertiary/aromatic N) is 2. The summed E-state index contributed by atoms with van der Waals surface area (Å²) in [5, 5.41) is 7.24. The maximum atomic E-state index is 7.24. The van der Waals surface area contributed by atoms with Gasteiger partial charge in [0.15, 0.2) is 0 Å². The van der Waals surface area contributed by atoms with Crippen LogP contribution in [0.15, 0.2) is 33.5 Å². The number of hydrogen-bond donors (Lipinski definition) is 2. The highest BCUT2D eigenvalue weighted by Gasteiger charge is 2.10. The summed E-state index contributed by atoms with van der Waals surface area (Å²) >= 11 is 6.77. The molecular formula is C12H10Br2N4O2. The number of amidine groups is 1. The minimum Gasteiger partial charge on any atom is -0.496 e. The molecule has 0 radical (unpaired) electrons. The third-order valence-corrected chi connectivity index (χ3v) is 3.56. The highest BCUT2D eigenvalue weighted by molar-refractivity contribution is 9.11. The zero-order valence-electron chi connectivity index (χ0n) is 10.4. The Morgan fingerprint density at radius 2 is 1.80 bits per heavy atom. The van der Waals surface area contributed by atoms with Gasteiger partial charge in [0, 0.05) is 0 Å². The van der Waals surface area contributed by atoms with Gasteiger partial charge in [-0.3, -0.25) is 5.41 Å². The van der Waals surface area contributed by atoms with Crippen molar-refractivity contribution in [3.8, 4) is 17.4 Å². The van der Waals surface area contributed by atoms with Crippen LogP contribution in [0.2, 0.25) is 0 Å². The van der Waals surface area contributed by atoms with Crippen molar-refractivity contribution in [2.24, 2.45) is 5.73 Å². The molecule has 1 heterocycles. The van der Waals surface area contributed by atoms with E-state index < -0.39 is 0 Å². The van der Waals surface area contributed by atoms with Crippen molar-refractivity contribution < 1.29 is 9.47 Å². The molecule has 0 amide bonds. The van der Waals surface area contributed by atoms with Crippen molar-refractivity contribution in [1.82, 2.24) is 9.97 Å². The minimum absolute atomic E-state index is 0.141. The van der Waals surface area contributed by atoms with E-state index in [-0.39, 0.29) is 5.84 Å². The average molecular weight is 402 g/mol. The van der Waals surface area contributed by atoms with Crippen LogP contribution in [-0.2, 0) is 0 Å². The Morgan fingerprint density at radius 3 is 2.35 bits per heavy atom. The molecule has 1 aromatic carbocycles. The number of methoxy groups -OCH3 is 1. The van der Waals surface area contributed by atoms with Crippen molar-refractivity contribution >= 4 is 37.7 Å². The number of nitrogens with two attached hydrogens (primary N) is 1. The maximum Gasteiger partial charge on any atom is 0.237 e. The van der Waals surface area contributed by atoms with Gasteiger partial charge in [-0.2, -0.15) is 0 Å². The standard InChI is InChI=1S/C12H10Br2N4O2/c1-19-9-2-7(14)10(3-6(9)13)20-11-5-17-8(4-18-11)12(15)16/h2-5H,1H3,(H3,15,16). The molecule has 0 saturated heterocycles. The molecule has 0 aliphatic rings. The second kappa shape index (κ2) is 6.19. The van der Waals surface area contributed by atoms with Crippen molar-refractivity contribution in [1.29, 1.82) is 5.41 Å². The summed E-state index contributed by atoms with van der Waals surface area (Å²) in [7, 11) is 1.58. The van der Waals surface area contributed by atoms with E-state index in [9.17, 15) is 0 Å². The number of nitrogens with one attached hydrogen (secondary N) is 1. The van der Waals surface area contributed by atoms with E-state index in [4.69, 9.17) is 20.6 Å². The summed E-state index contributed by atoms with van der Waals surface area (Å²) in [4.78, 5) is 8.01. The molecule has 0 unspecified atom stereocenters. The lowest BCUT2D eigenvalue weighted by molar-refractivity contribution is 0.408. The molecule has 6 nitrogen and oxygen atoms in total. The average Bonchev–Trinajstić information content (AvgIpc) is 2.43. The molecule has 1 aromatic heterocycles. The topological polar surface area (TPSA) is 94.1 Å². The Hall–Kier alpha value is -1.67. The van der Waals surface area contributed by atoms with E-state index in [1.807, 2.05) is 0 Å². The molecule has 0 spiro atoms. The quantitative estimate of drug-likeness (QED) is 0.606. The van der Waals surface area contributed by atoms with Crippen molar-refractivity contribution in [3.05, 3.63) is 39.2 Å². The van der Waals surface area contributed by atoms with Crippen LogP contribution in [-0.4, -0.2) is 22.9 Å². The lowest BCUT2D eigenvalue weighted by Gasteiger charge is -2.10. The van der Waals surface area contributed by atoms with Crippen molar-refractivity contribution in [2.75, 3.05) is 7.11 Å². The first-order valence-corrected chi connectivity index (χ1v) is 6.97. The summed E-state index contributed by atoms with van der Waals surface area (Å²) in [5.74, 6) is 1.40. The molecule has 3 N–H and O–H groups in total. The van der Waals surface area contributed by atoms with Gasteiger partial charge in [-0.1, -0.05) is 0 Å². The van der Waals surface area contributed by atoms with E-state index in [1.54, 1.807) is 19.2 Å². The largest absolute Gasteiger partial charge is 0.496 e. The molecule has 0 saturated carbocycles. The number of aromatic nitrogens is 2. The Balaban J connectivity index is 2.25. The van der Waals surface area contributed by atoms with Gasteiger partial charge in [-0.15, -0.1) is 0 Å². The summed E-state index contributed by atoms with van der Waals surface area (Å²) in [6.07, 6.45) is 2.78. The van der Waals surface area contributed by atoms with E-state index in [1.165, 1.54) is 12.4 Å². The smallest absolute Gasteiger partial charge is 0.237 e. The molecule has 0 atom stereocenters. The van der Waals surface area contributed by atoms with Crippen LogP contribution < -0.4 is 15.2 Å². The first kappa shape index (κ1) is 14.7. The van der Waals surface area contributed by atoms with Crippen LogP contribution in [0, 0.1) is 5.41 Å². The lowest BCUT2D eigenvalue weighted by atomic mass is 10.3. The fraction of sp³-hybridized carbons (Fsp3) is 0.0833. The van der Waals surface area contributed by atoms with Crippen LogP contribution in [0.25, 0.3) is 0 Å². The molecule has 8 heteroatoms. The summed E-state index contributed by atoms with van der Waals surface area (Å²) in [6, 6.07) is 3.53. The fourth-order valence-corrected chi connectivity index (χ4v) is 2.25. The first-order chi connectivity index (χ1) is 9.51. The number of hydrogen-bond acceptors (Lipinski definition) is 5. The highest BCUT2D eigenvalue weighted by Crippen LogP contribution is 2.37. The summed E-state index contributed by atoms with van der Waals surface area (Å²) in [6.45, 7) is 0. The van der Waals surface area contributed by atoms with Gasteiger partial charge in [0.25, 0.3) is 0 Å². The number of nitrogen functional groups attached to an aromatic ring is 1. The third kappa shape index (κ3) is 3.26. The Morgan fingerprint density at radius 1 is 1.15 bits per heavy atom. The van der Waals surface area contributed by atoms with Crippen LogP contribution >= 0.6 is 31.9 Å². The van der Waals surface area contributed by atoms with Gasteiger partial charge >= 0.3 is 0 Å². The van der Waals surface area contributed by atoms with Gasteiger partial charge in [0.1, 0.15) is 23.0 Å². The van der Waals surface area contributed by atoms with Crippen LogP contribution in [0.4, 0.5) is 0 Å². The first-order valence-electron chi connectivity index (χ1n) is 5.38. The van der Waals surface area contributed by atoms with Gasteiger partial charge in [0.2, 0.25) is 5.88 Å². The van der Waals surface area contributed by atoms with Crippen LogP contribution in [0.5, 0.6) is 17.4 Å². The van der Waals surface area contributed by atoms with Crippen LogP contribution in [0.3, 0.4) is 0 Å². The van der Waals surface area contributed by atoms with E-state index >= 15 is 0 Å². The summed E-state index contributed by atoms with van der Waals surface area (Å²) < 4.78 is 12.3. The molecule has 0 aliphatic carbocycles. The zero-order chi connectivity index (χ0) is 14.7. The maximum absolute atomic E-state index is 7.24. The number of ether oxygens (including phenoxy) is 2. The second-order valence-electron chi connectivity index (χ2n) is 3.67. The van der Waals surface area contributed by atoms with Gasteiger partial charge in [-0.25, -0.2) is 9.97 Å². The number of rotatable bonds is 4. The van der Waals surface area contributed by atoms with Crippen molar-refractivity contribution in [3.63, 3.8) is 0 Å². The SMILES string of the molecule is COc1cc(Br)c(Oc2cnc(C(=N)N)cn2)cc1Br. The van der Waals surface area contributed by atoms with Gasteiger partial charge < -0.3 is 15.2 Å². The lowest BCUT2D eigenvalue weighted by Crippen LogP contribution is -2.13. The Bertz CT molecular complexity index is 647. The Kier molecular flexibility index (Phi) is 4.56. The monoisotopic (exact) mass is 400 g/mol. The predicted octanol–water partition coefficient (Wildman–Crippen LogP) is 3.09. The molecule has 104 valence electrons.